The van der Waals surface area contributed by atoms with E-state index in [1.54, 1.807) is 30.3 Å². The molecule has 0 aliphatic carbocycles. The number of ether oxygens (including phenoxy) is 2. The van der Waals surface area contributed by atoms with E-state index >= 15 is 0 Å². The Morgan fingerprint density at radius 3 is 2.43 bits per heavy atom. The van der Waals surface area contributed by atoms with Crippen LogP contribution in [0.3, 0.4) is 0 Å². The van der Waals surface area contributed by atoms with Gasteiger partial charge >= 0.3 is 0 Å². The fourth-order valence-electron chi connectivity index (χ4n) is 1.83. The summed E-state index contributed by atoms with van der Waals surface area (Å²) in [6.45, 7) is 2.83. The fourth-order valence-corrected chi connectivity index (χ4v) is 1.83. The molecule has 0 atom stereocenters. The summed E-state index contributed by atoms with van der Waals surface area (Å²) in [6.07, 6.45) is 0.719. The molecular formula is C17H16FNO2. The Morgan fingerprint density at radius 2 is 1.76 bits per heavy atom. The second-order valence-corrected chi connectivity index (χ2v) is 4.60. The second-order valence-electron chi connectivity index (χ2n) is 4.60. The lowest BCUT2D eigenvalue weighted by Gasteiger charge is -2.10. The molecule has 21 heavy (non-hydrogen) atoms. The monoisotopic (exact) mass is 285 g/mol. The smallest absolute Gasteiger partial charge is 0.123 e. The SMILES string of the molecule is Cc1cc(F)ccc1OCCCOc1ccc(C#N)cc1. The van der Waals surface area contributed by atoms with Crippen molar-refractivity contribution in [1.82, 2.24) is 0 Å². The summed E-state index contributed by atoms with van der Waals surface area (Å²) in [4.78, 5) is 0. The van der Waals surface area contributed by atoms with Crippen LogP contribution in [-0.4, -0.2) is 13.2 Å². The molecule has 0 aliphatic heterocycles. The number of nitrogens with zero attached hydrogens (tertiary/aromatic N) is 1. The van der Waals surface area contributed by atoms with E-state index in [0.717, 1.165) is 17.7 Å². The predicted molar refractivity (Wildman–Crippen MR) is 77.9 cm³/mol. The molecule has 0 aliphatic rings. The molecule has 0 aromatic heterocycles. The standard InChI is InChI=1S/C17H16FNO2/c1-13-11-15(18)5-8-17(13)21-10-2-9-20-16-6-3-14(12-19)4-7-16/h3-8,11H,2,9-10H2,1H3. The summed E-state index contributed by atoms with van der Waals surface area (Å²) in [5.41, 5.74) is 1.39. The first kappa shape index (κ1) is 14.9. The van der Waals surface area contributed by atoms with Crippen LogP contribution in [0.1, 0.15) is 17.5 Å². The largest absolute Gasteiger partial charge is 0.493 e. The number of halogens is 1. The normalized spacial score (nSPS) is 9.95. The number of nitriles is 1. The Hall–Kier alpha value is -2.54. The Bertz CT molecular complexity index is 632. The fraction of sp³-hybridized carbons (Fsp3) is 0.235. The van der Waals surface area contributed by atoms with Crippen LogP contribution in [0.15, 0.2) is 42.5 Å². The van der Waals surface area contributed by atoms with Gasteiger partial charge in [-0.3, -0.25) is 0 Å². The molecule has 0 bridgehead atoms. The summed E-state index contributed by atoms with van der Waals surface area (Å²) in [6, 6.07) is 13.5. The van der Waals surface area contributed by atoms with Crippen molar-refractivity contribution < 1.29 is 13.9 Å². The molecule has 0 fully saturated rings. The van der Waals surface area contributed by atoms with Gasteiger partial charge in [-0.25, -0.2) is 4.39 Å². The number of aryl methyl sites for hydroxylation is 1. The summed E-state index contributed by atoms with van der Waals surface area (Å²) in [5.74, 6) is 1.16. The highest BCUT2D eigenvalue weighted by Crippen LogP contribution is 2.18. The van der Waals surface area contributed by atoms with Gasteiger partial charge in [-0.05, 0) is 55.0 Å². The van der Waals surface area contributed by atoms with Crippen LogP contribution in [0.4, 0.5) is 4.39 Å². The van der Waals surface area contributed by atoms with Crippen LogP contribution in [0.5, 0.6) is 11.5 Å². The van der Waals surface area contributed by atoms with Gasteiger partial charge < -0.3 is 9.47 Å². The van der Waals surface area contributed by atoms with Crippen LogP contribution in [0.25, 0.3) is 0 Å². The molecule has 2 aromatic carbocycles. The van der Waals surface area contributed by atoms with E-state index in [4.69, 9.17) is 14.7 Å². The number of hydrogen-bond donors (Lipinski definition) is 0. The number of benzene rings is 2. The Morgan fingerprint density at radius 1 is 1.05 bits per heavy atom. The van der Waals surface area contributed by atoms with E-state index in [-0.39, 0.29) is 5.82 Å². The van der Waals surface area contributed by atoms with Crippen molar-refractivity contribution >= 4 is 0 Å². The molecule has 0 amide bonds. The molecule has 2 aromatic rings. The average molecular weight is 285 g/mol. The summed E-state index contributed by atoms with van der Waals surface area (Å²) >= 11 is 0. The van der Waals surface area contributed by atoms with Crippen LogP contribution in [0, 0.1) is 24.1 Å². The first-order chi connectivity index (χ1) is 10.2. The molecule has 0 unspecified atom stereocenters. The van der Waals surface area contributed by atoms with Crippen molar-refractivity contribution in [3.05, 3.63) is 59.4 Å². The van der Waals surface area contributed by atoms with Crippen molar-refractivity contribution in [3.63, 3.8) is 0 Å². The highest BCUT2D eigenvalue weighted by Gasteiger charge is 2.01. The highest BCUT2D eigenvalue weighted by molar-refractivity contribution is 5.34. The van der Waals surface area contributed by atoms with Crippen molar-refractivity contribution in [2.24, 2.45) is 0 Å². The molecule has 0 spiro atoms. The Kier molecular flexibility index (Phi) is 5.16. The first-order valence-electron chi connectivity index (χ1n) is 6.71. The van der Waals surface area contributed by atoms with E-state index in [1.807, 2.05) is 6.92 Å². The van der Waals surface area contributed by atoms with Gasteiger partial charge in [0.05, 0.1) is 24.8 Å². The zero-order valence-corrected chi connectivity index (χ0v) is 11.8. The quantitative estimate of drug-likeness (QED) is 0.757. The third kappa shape index (κ3) is 4.50. The minimum atomic E-state index is -0.260. The van der Waals surface area contributed by atoms with Crippen LogP contribution in [0.2, 0.25) is 0 Å². The lowest BCUT2D eigenvalue weighted by molar-refractivity contribution is 0.246. The molecule has 0 saturated carbocycles. The minimum Gasteiger partial charge on any atom is -0.493 e. The third-order valence-electron chi connectivity index (χ3n) is 2.94. The molecule has 0 N–H and O–H groups in total. The third-order valence-corrected chi connectivity index (χ3v) is 2.94. The summed E-state index contributed by atoms with van der Waals surface area (Å²) in [5, 5.41) is 8.69. The van der Waals surface area contributed by atoms with Gasteiger partial charge in [0.2, 0.25) is 0 Å². The van der Waals surface area contributed by atoms with Gasteiger partial charge in [-0.2, -0.15) is 5.26 Å². The number of hydrogen-bond acceptors (Lipinski definition) is 3. The number of rotatable bonds is 6. The van der Waals surface area contributed by atoms with E-state index in [2.05, 4.69) is 6.07 Å². The van der Waals surface area contributed by atoms with E-state index in [1.165, 1.54) is 12.1 Å². The van der Waals surface area contributed by atoms with Gasteiger partial charge in [0.15, 0.2) is 0 Å². The lowest BCUT2D eigenvalue weighted by Crippen LogP contribution is -2.05. The molecule has 108 valence electrons. The maximum absolute atomic E-state index is 12.9. The second kappa shape index (κ2) is 7.30. The van der Waals surface area contributed by atoms with Gasteiger partial charge in [0.1, 0.15) is 17.3 Å². The molecular weight excluding hydrogens is 269 g/mol. The lowest BCUT2D eigenvalue weighted by atomic mass is 10.2. The maximum Gasteiger partial charge on any atom is 0.123 e. The van der Waals surface area contributed by atoms with Gasteiger partial charge in [0, 0.05) is 6.42 Å². The average Bonchev–Trinajstić information content (AvgIpc) is 2.49. The molecule has 2 rings (SSSR count). The topological polar surface area (TPSA) is 42.2 Å². The Labute approximate surface area is 123 Å². The van der Waals surface area contributed by atoms with Crippen molar-refractivity contribution in [2.75, 3.05) is 13.2 Å². The molecule has 4 heteroatoms. The molecule has 3 nitrogen and oxygen atoms in total. The van der Waals surface area contributed by atoms with Crippen LogP contribution >= 0.6 is 0 Å². The summed E-state index contributed by atoms with van der Waals surface area (Å²) < 4.78 is 24.1. The first-order valence-corrected chi connectivity index (χ1v) is 6.71. The van der Waals surface area contributed by atoms with Crippen LogP contribution < -0.4 is 9.47 Å². The highest BCUT2D eigenvalue weighted by atomic mass is 19.1. The molecule has 0 heterocycles. The van der Waals surface area contributed by atoms with E-state index in [0.29, 0.717) is 24.5 Å². The van der Waals surface area contributed by atoms with Crippen LogP contribution in [-0.2, 0) is 0 Å². The predicted octanol–water partition coefficient (Wildman–Crippen LogP) is 3.85. The van der Waals surface area contributed by atoms with E-state index in [9.17, 15) is 4.39 Å². The molecule has 0 saturated heterocycles. The summed E-state index contributed by atoms with van der Waals surface area (Å²) in [7, 11) is 0. The van der Waals surface area contributed by atoms with Crippen molar-refractivity contribution in [1.29, 1.82) is 5.26 Å². The minimum absolute atomic E-state index is 0.260. The van der Waals surface area contributed by atoms with E-state index < -0.39 is 0 Å². The van der Waals surface area contributed by atoms with Gasteiger partial charge in [-0.15, -0.1) is 0 Å². The Balaban J connectivity index is 1.71. The van der Waals surface area contributed by atoms with Gasteiger partial charge in [0.25, 0.3) is 0 Å². The van der Waals surface area contributed by atoms with Gasteiger partial charge in [-0.1, -0.05) is 0 Å². The zero-order valence-electron chi connectivity index (χ0n) is 11.8. The van der Waals surface area contributed by atoms with Crippen molar-refractivity contribution in [2.45, 2.75) is 13.3 Å². The molecule has 0 radical (unpaired) electrons. The zero-order chi connectivity index (χ0) is 15.1. The maximum atomic E-state index is 12.9. The van der Waals surface area contributed by atoms with Crippen molar-refractivity contribution in [3.8, 4) is 17.6 Å².